The molecule has 2 N–H and O–H groups in total. The lowest BCUT2D eigenvalue weighted by atomic mass is 10.1. The maximum atomic E-state index is 12.3. The summed E-state index contributed by atoms with van der Waals surface area (Å²) in [5.41, 5.74) is 0.838. The lowest BCUT2D eigenvalue weighted by molar-refractivity contribution is -0.121. The molecule has 130 valence electrons. The molecule has 7 heteroatoms. The van der Waals surface area contributed by atoms with Gasteiger partial charge in [0.15, 0.2) is 0 Å². The molecule has 0 aliphatic carbocycles. The Hall–Kier alpha value is -1.73. The molecule has 6 nitrogen and oxygen atoms in total. The molecule has 1 heterocycles. The Balaban J connectivity index is 1.80. The van der Waals surface area contributed by atoms with Crippen molar-refractivity contribution in [3.63, 3.8) is 0 Å². The second-order valence-corrected chi connectivity index (χ2v) is 6.73. The molecule has 3 amide bonds. The highest BCUT2D eigenvalue weighted by Crippen LogP contribution is 2.26. The number of likely N-dealkylation sites (N-methyl/N-ethyl adjacent to an activating group) is 1. The first-order valence-corrected chi connectivity index (χ1v) is 8.89. The summed E-state index contributed by atoms with van der Waals surface area (Å²) in [6.45, 7) is 5.68. The fraction of sp³-hybridized carbons (Fsp3) is 0.471. The van der Waals surface area contributed by atoms with Crippen LogP contribution in [0.4, 0.5) is 0 Å². The van der Waals surface area contributed by atoms with Gasteiger partial charge >= 0.3 is 0 Å². The average molecular weight is 396 g/mol. The van der Waals surface area contributed by atoms with Gasteiger partial charge in [0.25, 0.3) is 11.8 Å². The Bertz CT molecular complexity index is 648. The van der Waals surface area contributed by atoms with E-state index in [4.69, 9.17) is 0 Å². The number of benzene rings is 1. The van der Waals surface area contributed by atoms with Gasteiger partial charge in [-0.3, -0.25) is 19.3 Å². The second kappa shape index (κ2) is 8.39. The third kappa shape index (κ3) is 4.42. The lowest BCUT2D eigenvalue weighted by Gasteiger charge is -2.15. The van der Waals surface area contributed by atoms with Crippen LogP contribution < -0.4 is 10.6 Å². The van der Waals surface area contributed by atoms with E-state index >= 15 is 0 Å². The number of nitrogens with one attached hydrogen (secondary N) is 2. The Morgan fingerprint density at radius 1 is 1.25 bits per heavy atom. The maximum Gasteiger partial charge on any atom is 0.261 e. The number of rotatable bonds is 8. The minimum Gasteiger partial charge on any atom is -0.355 e. The molecule has 1 aliphatic rings. The molecule has 1 atom stereocenters. The predicted molar refractivity (Wildman–Crippen MR) is 94.9 cm³/mol. The Morgan fingerprint density at radius 3 is 2.67 bits per heavy atom. The Kier molecular flexibility index (Phi) is 6.51. The molecule has 0 spiro atoms. The molecule has 0 bridgehead atoms. The van der Waals surface area contributed by atoms with Gasteiger partial charge in [-0.15, -0.1) is 0 Å². The third-order valence-corrected chi connectivity index (χ3v) is 4.37. The zero-order chi connectivity index (χ0) is 17.7. The summed E-state index contributed by atoms with van der Waals surface area (Å²) in [6, 6.07) is 5.26. The van der Waals surface area contributed by atoms with Gasteiger partial charge in [0.1, 0.15) is 0 Å². The van der Waals surface area contributed by atoms with Crippen LogP contribution in [0.15, 0.2) is 22.7 Å². The van der Waals surface area contributed by atoms with Gasteiger partial charge in [-0.25, -0.2) is 0 Å². The molecular weight excluding hydrogens is 374 g/mol. The number of nitrogens with zero attached hydrogens (tertiary/aromatic N) is 1. The van der Waals surface area contributed by atoms with Gasteiger partial charge < -0.3 is 10.6 Å². The van der Waals surface area contributed by atoms with Crippen LogP contribution in [0.25, 0.3) is 0 Å². The molecule has 0 unspecified atom stereocenters. The number of imide groups is 1. The summed E-state index contributed by atoms with van der Waals surface area (Å²) in [6.07, 6.45) is 0.740. The molecule has 0 saturated heterocycles. The summed E-state index contributed by atoms with van der Waals surface area (Å²) in [4.78, 5) is 37.6. The average Bonchev–Trinajstić information content (AvgIpc) is 2.77. The maximum absolute atomic E-state index is 12.3. The normalized spacial score (nSPS) is 14.7. The van der Waals surface area contributed by atoms with Gasteiger partial charge in [-0.2, -0.15) is 0 Å². The van der Waals surface area contributed by atoms with Crippen molar-refractivity contribution >= 4 is 33.7 Å². The van der Waals surface area contributed by atoms with Crippen molar-refractivity contribution in [3.8, 4) is 0 Å². The second-order valence-electron chi connectivity index (χ2n) is 5.82. The van der Waals surface area contributed by atoms with Gasteiger partial charge in [-0.1, -0.05) is 22.9 Å². The summed E-state index contributed by atoms with van der Waals surface area (Å²) in [7, 11) is 0. The van der Waals surface area contributed by atoms with E-state index in [0.717, 1.165) is 11.0 Å². The van der Waals surface area contributed by atoms with Crippen LogP contribution >= 0.6 is 15.9 Å². The molecular formula is C17H22BrN3O3. The fourth-order valence-corrected chi connectivity index (χ4v) is 3.00. The first-order chi connectivity index (χ1) is 11.4. The van der Waals surface area contributed by atoms with Gasteiger partial charge in [-0.05, 0) is 38.1 Å². The van der Waals surface area contributed by atoms with E-state index in [1.807, 2.05) is 13.8 Å². The number of halogens is 1. The zero-order valence-electron chi connectivity index (χ0n) is 13.9. The monoisotopic (exact) mass is 395 g/mol. The van der Waals surface area contributed by atoms with E-state index in [0.29, 0.717) is 24.1 Å². The first kappa shape index (κ1) is 18.6. The van der Waals surface area contributed by atoms with Crippen molar-refractivity contribution in [2.24, 2.45) is 0 Å². The number of hydrogen-bond donors (Lipinski definition) is 2. The highest BCUT2D eigenvalue weighted by molar-refractivity contribution is 9.10. The standard InChI is InChI=1S/C17H22BrN3O3/c1-3-19-11(2)10-20-15(22)5-4-8-21-16(23)13-7-6-12(18)9-14(13)17(21)24/h6-7,9,11,19H,3-5,8,10H2,1-2H3,(H,20,22)/t11-/m1/s1. The smallest absolute Gasteiger partial charge is 0.261 e. The van der Waals surface area contributed by atoms with E-state index in [1.165, 1.54) is 4.90 Å². The molecule has 2 rings (SSSR count). The quantitative estimate of drug-likeness (QED) is 0.659. The van der Waals surface area contributed by atoms with Crippen molar-refractivity contribution in [1.82, 2.24) is 15.5 Å². The first-order valence-electron chi connectivity index (χ1n) is 8.09. The van der Waals surface area contributed by atoms with Crippen LogP contribution in [0.1, 0.15) is 47.4 Å². The summed E-state index contributed by atoms with van der Waals surface area (Å²) < 4.78 is 0.762. The minimum atomic E-state index is -0.294. The van der Waals surface area contributed by atoms with Crippen molar-refractivity contribution in [2.75, 3.05) is 19.6 Å². The number of carbonyl (C=O) groups is 3. The molecule has 24 heavy (non-hydrogen) atoms. The van der Waals surface area contributed by atoms with Crippen molar-refractivity contribution in [3.05, 3.63) is 33.8 Å². The number of fused-ring (bicyclic) bond motifs is 1. The van der Waals surface area contributed by atoms with Crippen LogP contribution in [0.2, 0.25) is 0 Å². The van der Waals surface area contributed by atoms with Crippen LogP contribution in [-0.2, 0) is 4.79 Å². The molecule has 0 saturated carbocycles. The van der Waals surface area contributed by atoms with Crippen molar-refractivity contribution in [1.29, 1.82) is 0 Å². The number of amides is 3. The molecule has 1 aromatic carbocycles. The Labute approximate surface area is 150 Å². The SMILES string of the molecule is CCN[C@H](C)CNC(=O)CCCN1C(=O)c2ccc(Br)cc2C1=O. The van der Waals surface area contributed by atoms with Gasteiger partial charge in [0.05, 0.1) is 11.1 Å². The van der Waals surface area contributed by atoms with Crippen LogP contribution in [0, 0.1) is 0 Å². The minimum absolute atomic E-state index is 0.0703. The fourth-order valence-electron chi connectivity index (χ4n) is 2.64. The molecule has 0 fully saturated rings. The number of carbonyl (C=O) groups excluding carboxylic acids is 3. The van der Waals surface area contributed by atoms with Crippen LogP contribution in [-0.4, -0.2) is 48.3 Å². The summed E-state index contributed by atoms with van der Waals surface area (Å²) >= 11 is 3.30. The van der Waals surface area contributed by atoms with Crippen LogP contribution in [0.5, 0.6) is 0 Å². The van der Waals surface area contributed by atoms with E-state index < -0.39 is 0 Å². The largest absolute Gasteiger partial charge is 0.355 e. The predicted octanol–water partition coefficient (Wildman–Crippen LogP) is 1.94. The van der Waals surface area contributed by atoms with E-state index in [1.54, 1.807) is 18.2 Å². The topological polar surface area (TPSA) is 78.5 Å². The van der Waals surface area contributed by atoms with E-state index in [-0.39, 0.29) is 36.7 Å². The summed E-state index contributed by atoms with van der Waals surface area (Å²) in [5.74, 6) is -0.653. The molecule has 0 radical (unpaired) electrons. The summed E-state index contributed by atoms with van der Waals surface area (Å²) in [5, 5.41) is 6.06. The molecule has 1 aromatic rings. The van der Waals surface area contributed by atoms with E-state index in [9.17, 15) is 14.4 Å². The van der Waals surface area contributed by atoms with Crippen molar-refractivity contribution in [2.45, 2.75) is 32.7 Å². The van der Waals surface area contributed by atoms with Crippen LogP contribution in [0.3, 0.4) is 0 Å². The third-order valence-electron chi connectivity index (χ3n) is 3.88. The highest BCUT2D eigenvalue weighted by Gasteiger charge is 2.35. The lowest BCUT2D eigenvalue weighted by Crippen LogP contribution is -2.39. The van der Waals surface area contributed by atoms with Gasteiger partial charge in [0, 0.05) is 30.0 Å². The van der Waals surface area contributed by atoms with Crippen molar-refractivity contribution < 1.29 is 14.4 Å². The zero-order valence-corrected chi connectivity index (χ0v) is 15.5. The van der Waals surface area contributed by atoms with E-state index in [2.05, 4.69) is 26.6 Å². The highest BCUT2D eigenvalue weighted by atomic mass is 79.9. The van der Waals surface area contributed by atoms with Gasteiger partial charge in [0.2, 0.25) is 5.91 Å². The molecule has 0 aromatic heterocycles. The molecule has 1 aliphatic heterocycles. The Morgan fingerprint density at radius 2 is 1.96 bits per heavy atom. The number of hydrogen-bond acceptors (Lipinski definition) is 4.